The molecule has 0 radical (unpaired) electrons. The molecule has 6 aromatic carbocycles. The van der Waals surface area contributed by atoms with Gasteiger partial charge in [-0.2, -0.15) is 0 Å². The zero-order chi connectivity index (χ0) is 50.6. The van der Waals surface area contributed by atoms with E-state index in [1.165, 1.54) is 47.7 Å². The number of halogens is 14. The van der Waals surface area contributed by atoms with E-state index in [0.29, 0.717) is 44.0 Å². The minimum absolute atomic E-state index is 0.00443. The molecule has 9 nitrogen and oxygen atoms in total. The van der Waals surface area contributed by atoms with Gasteiger partial charge in [0.05, 0.1) is 59.9 Å². The predicted molar refractivity (Wildman–Crippen MR) is 284 cm³/mol. The van der Waals surface area contributed by atoms with Gasteiger partial charge in [-0.15, -0.1) is 11.3 Å². The zero-order valence-electron chi connectivity index (χ0n) is 33.1. The molecule has 0 atom stereocenters. The van der Waals surface area contributed by atoms with Gasteiger partial charge in [-0.25, -0.2) is 45.1 Å². The minimum atomic E-state index is -1.08. The quantitative estimate of drug-likeness (QED) is 0.0436. The molecule has 2 heterocycles. The van der Waals surface area contributed by atoms with E-state index in [2.05, 4.69) is 134 Å². The smallest absolute Gasteiger partial charge is 0.257 e. The molecular formula is C41H24Br6F8N8OS4. The van der Waals surface area contributed by atoms with Crippen molar-refractivity contribution in [3.63, 3.8) is 0 Å². The van der Waals surface area contributed by atoms with Gasteiger partial charge in [-0.3, -0.25) is 10.1 Å². The number of aromatic nitrogens is 2. The number of amides is 1. The minimum Gasteiger partial charge on any atom is -0.396 e. The van der Waals surface area contributed by atoms with Crippen molar-refractivity contribution in [1.82, 2.24) is 15.3 Å². The maximum Gasteiger partial charge on any atom is 0.257 e. The van der Waals surface area contributed by atoms with Crippen molar-refractivity contribution in [1.29, 1.82) is 0 Å². The molecule has 27 heteroatoms. The number of fused-ring (bicyclic) bond motifs is 2. The normalized spacial score (nSPS) is 10.3. The maximum atomic E-state index is 13.6. The van der Waals surface area contributed by atoms with Gasteiger partial charge in [0.15, 0.2) is 65.8 Å². The Hall–Kier alpha value is -3.93. The second kappa shape index (κ2) is 26.3. The van der Waals surface area contributed by atoms with Crippen LogP contribution >= 0.6 is 143 Å². The van der Waals surface area contributed by atoms with Crippen LogP contribution < -0.4 is 33.2 Å². The van der Waals surface area contributed by atoms with Crippen molar-refractivity contribution in [2.45, 2.75) is 0 Å². The van der Waals surface area contributed by atoms with Gasteiger partial charge in [0.25, 0.3) is 5.91 Å². The first-order valence-electron chi connectivity index (χ1n) is 17.8. The van der Waals surface area contributed by atoms with Crippen molar-refractivity contribution < 1.29 is 39.9 Å². The van der Waals surface area contributed by atoms with Gasteiger partial charge in [0.2, 0.25) is 0 Å². The Labute approximate surface area is 449 Å². The first-order chi connectivity index (χ1) is 32.0. The molecule has 1 amide bonds. The number of nitrogens with two attached hydrogens (primary N) is 3. The summed E-state index contributed by atoms with van der Waals surface area (Å²) < 4.78 is 107. The van der Waals surface area contributed by atoms with Crippen LogP contribution in [0.3, 0.4) is 0 Å². The fourth-order valence-electron chi connectivity index (χ4n) is 4.70. The fourth-order valence-corrected chi connectivity index (χ4v) is 9.03. The van der Waals surface area contributed by atoms with Gasteiger partial charge in [-0.05, 0) is 193 Å². The van der Waals surface area contributed by atoms with Crippen LogP contribution in [0.25, 0.3) is 20.4 Å². The summed E-state index contributed by atoms with van der Waals surface area (Å²) in [5, 5.41) is 7.30. The highest BCUT2D eigenvalue weighted by atomic mass is 79.9. The van der Waals surface area contributed by atoms with Gasteiger partial charge in [0, 0.05) is 5.56 Å². The van der Waals surface area contributed by atoms with E-state index < -0.39 is 40.8 Å². The first-order valence-corrected chi connectivity index (χ1v) is 25.0. The van der Waals surface area contributed by atoms with Crippen molar-refractivity contribution in [3.05, 3.63) is 169 Å². The molecule has 0 bridgehead atoms. The molecule has 8 aromatic rings. The van der Waals surface area contributed by atoms with Gasteiger partial charge < -0.3 is 27.8 Å². The second-order valence-corrected chi connectivity index (χ2v) is 20.8. The Balaban J connectivity index is 0.000000190. The molecule has 0 aliphatic rings. The maximum absolute atomic E-state index is 13.6. The number of thiazole rings is 2. The third kappa shape index (κ3) is 15.8. The van der Waals surface area contributed by atoms with Crippen molar-refractivity contribution in [2.75, 3.05) is 22.1 Å². The lowest BCUT2D eigenvalue weighted by molar-refractivity contribution is 0.0977. The van der Waals surface area contributed by atoms with Crippen LogP contribution in [-0.2, 0) is 0 Å². The molecule has 356 valence electrons. The topological polar surface area (TPSA) is 157 Å². The van der Waals surface area contributed by atoms with Crippen molar-refractivity contribution in [3.8, 4) is 0 Å². The highest BCUT2D eigenvalue weighted by Crippen LogP contribution is 2.33. The summed E-state index contributed by atoms with van der Waals surface area (Å²) in [5.41, 5.74) is 16.9. The van der Waals surface area contributed by atoms with Crippen LogP contribution in [-0.4, -0.2) is 26.1 Å². The fraction of sp³-hybridized carbons (Fsp3) is 0. The number of carbonyl (C=O) groups excluding carboxylic acids is 1. The summed E-state index contributed by atoms with van der Waals surface area (Å²) >= 11 is 29.8. The molecule has 0 unspecified atom stereocenters. The average Bonchev–Trinajstić information content (AvgIpc) is 3.90. The number of nitrogen functional groups attached to an aromatic ring is 2. The number of hydrogen-bond acceptors (Lipinski definition) is 9. The van der Waals surface area contributed by atoms with E-state index in [-0.39, 0.29) is 52.3 Å². The monoisotopic (exact) mass is 1400 g/mol. The Morgan fingerprint density at radius 3 is 1.44 bits per heavy atom. The Bertz CT molecular complexity index is 3030. The van der Waals surface area contributed by atoms with Crippen LogP contribution in [0.15, 0.2) is 117 Å². The molecule has 0 fully saturated rings. The Kier molecular flexibility index (Phi) is 21.9. The van der Waals surface area contributed by atoms with Crippen molar-refractivity contribution in [2.24, 2.45) is 5.73 Å². The summed E-state index contributed by atoms with van der Waals surface area (Å²) in [5.74, 6) is -7.01. The summed E-state index contributed by atoms with van der Waals surface area (Å²) in [6.45, 7) is 0. The first kappa shape index (κ1) is 56.7. The van der Waals surface area contributed by atoms with Gasteiger partial charge in [-0.1, -0.05) is 29.5 Å². The molecule has 68 heavy (non-hydrogen) atoms. The summed E-state index contributed by atoms with van der Waals surface area (Å²) in [6, 6.07) is 23.2. The van der Waals surface area contributed by atoms with Crippen molar-refractivity contribution >= 4 is 201 Å². The Morgan fingerprint density at radius 1 is 0.515 bits per heavy atom. The summed E-state index contributed by atoms with van der Waals surface area (Å²) in [4.78, 5) is 19.9. The average molecular weight is 1400 g/mol. The molecular weight excluding hydrogens is 1380 g/mol. The SMILES string of the molecule is Fc1c(Br)ccc2nc(Br)sc12.NC(=S)Nc1ccc(Br)c(F)c1F.Nc1ccc(Br)c(F)c1F.Nc1nc2ccc(Br)c(F)c2s1.O=C(NC(=S)Nc1ccc(Br)c(F)c1F)c1ccccc1. The van der Waals surface area contributed by atoms with Crippen LogP contribution in [0.5, 0.6) is 0 Å². The number of nitrogens with zero attached hydrogens (tertiary/aromatic N) is 2. The number of anilines is 4. The summed E-state index contributed by atoms with van der Waals surface area (Å²) in [6.07, 6.45) is 0. The number of thiocarbonyl (C=S) groups is 2. The molecule has 0 saturated heterocycles. The zero-order valence-corrected chi connectivity index (χ0v) is 45.9. The third-order valence-electron chi connectivity index (χ3n) is 7.79. The molecule has 2 aromatic heterocycles. The van der Waals surface area contributed by atoms with E-state index in [9.17, 15) is 39.9 Å². The molecule has 9 N–H and O–H groups in total. The van der Waals surface area contributed by atoms with Gasteiger partial charge >= 0.3 is 0 Å². The highest BCUT2D eigenvalue weighted by Gasteiger charge is 2.16. The second-order valence-electron chi connectivity index (χ2n) is 12.4. The molecule has 8 rings (SSSR count). The lowest BCUT2D eigenvalue weighted by Crippen LogP contribution is -2.34. The van der Waals surface area contributed by atoms with E-state index in [4.69, 9.17) is 29.4 Å². The lowest BCUT2D eigenvalue weighted by Gasteiger charge is -2.11. The number of benzene rings is 6. The number of hydrogen-bond donors (Lipinski definition) is 6. The van der Waals surface area contributed by atoms with Crippen LogP contribution in [0, 0.1) is 46.5 Å². The standard InChI is InChI=1S/C14H9BrF2N2OS.C7H2Br2FNS.C7H5BrF2N2S.C7H4BrFN2S.C6H4BrF2N/c15-9-6-7-10(12(17)11(9)16)18-14(21)19-13(20)8-4-2-1-3-5-8;8-3-1-2-4-6(5(3)10)12-7(9)11-4;8-3-1-2-4(12-7(11)13)6(10)5(3)9;8-3-1-2-4-6(5(3)9)12-7(10)11-4;7-3-1-2-4(10)6(9)5(3)8/h1-7H,(H2,18,19,20,21);1-2H;1-2H,(H3,11,12,13);1-2H,(H2,10,11);1-2H,10H2. The van der Waals surface area contributed by atoms with Crippen LogP contribution in [0.1, 0.15) is 10.4 Å². The van der Waals surface area contributed by atoms with E-state index in [1.54, 1.807) is 54.6 Å². The molecule has 0 aliphatic carbocycles. The van der Waals surface area contributed by atoms with E-state index in [0.717, 1.165) is 11.3 Å². The third-order valence-corrected chi connectivity index (χ3v) is 13.6. The van der Waals surface area contributed by atoms with Gasteiger partial charge in [0.1, 0.15) is 0 Å². The number of nitrogens with one attached hydrogen (secondary N) is 3. The molecule has 0 spiro atoms. The van der Waals surface area contributed by atoms with Crippen LogP contribution in [0.2, 0.25) is 0 Å². The lowest BCUT2D eigenvalue weighted by atomic mass is 10.2. The molecule has 0 saturated carbocycles. The number of rotatable bonds is 3. The van der Waals surface area contributed by atoms with E-state index in [1.807, 2.05) is 0 Å². The molecule has 0 aliphatic heterocycles. The Morgan fingerprint density at radius 2 is 0.941 bits per heavy atom. The van der Waals surface area contributed by atoms with Crippen LogP contribution in [0.4, 0.5) is 57.3 Å². The number of carbonyl (C=O) groups is 1. The van der Waals surface area contributed by atoms with E-state index >= 15 is 0 Å². The summed E-state index contributed by atoms with van der Waals surface area (Å²) in [7, 11) is 0. The predicted octanol–water partition coefficient (Wildman–Crippen LogP) is 15.3. The largest absolute Gasteiger partial charge is 0.396 e. The highest BCUT2D eigenvalue weighted by molar-refractivity contribution is 9.11.